The van der Waals surface area contributed by atoms with Gasteiger partial charge < -0.3 is 4.74 Å². The summed E-state index contributed by atoms with van der Waals surface area (Å²) in [7, 11) is 0. The average molecular weight is 441 g/mol. The van der Waals surface area contributed by atoms with Gasteiger partial charge in [0.15, 0.2) is 5.13 Å². The van der Waals surface area contributed by atoms with Gasteiger partial charge in [-0.05, 0) is 37.3 Å². The zero-order valence-electron chi connectivity index (χ0n) is 15.8. The van der Waals surface area contributed by atoms with Crippen molar-refractivity contribution in [1.29, 1.82) is 0 Å². The van der Waals surface area contributed by atoms with E-state index >= 15 is 0 Å². The highest BCUT2D eigenvalue weighted by atomic mass is 32.1. The number of pyridine rings is 1. The molecule has 3 heterocycles. The van der Waals surface area contributed by atoms with Crippen molar-refractivity contribution in [2.45, 2.75) is 13.5 Å². The topological polar surface area (TPSA) is 98.5 Å². The van der Waals surface area contributed by atoms with Crippen molar-refractivity contribution in [2.24, 2.45) is 0 Å². The Labute approximate surface area is 179 Å². The van der Waals surface area contributed by atoms with Crippen molar-refractivity contribution in [2.75, 3.05) is 11.5 Å². The molecule has 0 fully saturated rings. The molecule has 152 valence electrons. The molecule has 0 aliphatic carbocycles. The number of amides is 1. The van der Waals surface area contributed by atoms with E-state index in [0.717, 1.165) is 16.0 Å². The number of nitrogens with zero attached hydrogens (tertiary/aromatic N) is 4. The van der Waals surface area contributed by atoms with E-state index in [9.17, 15) is 14.9 Å². The molecule has 0 saturated carbocycles. The molecule has 0 unspecified atom stereocenters. The van der Waals surface area contributed by atoms with Crippen LogP contribution < -0.4 is 9.64 Å². The van der Waals surface area contributed by atoms with Crippen LogP contribution in [0.15, 0.2) is 54.7 Å². The van der Waals surface area contributed by atoms with Gasteiger partial charge in [0.25, 0.3) is 5.91 Å². The first-order valence-electron chi connectivity index (χ1n) is 9.05. The van der Waals surface area contributed by atoms with E-state index in [0.29, 0.717) is 28.7 Å². The number of carbonyl (C=O) groups is 1. The number of anilines is 1. The Morgan fingerprint density at radius 3 is 2.73 bits per heavy atom. The van der Waals surface area contributed by atoms with Crippen LogP contribution in [0.1, 0.15) is 22.3 Å². The molecular formula is C20H16N4O4S2. The minimum absolute atomic E-state index is 0.0842. The van der Waals surface area contributed by atoms with E-state index in [-0.39, 0.29) is 22.3 Å². The number of aromatic nitrogens is 2. The van der Waals surface area contributed by atoms with Crippen molar-refractivity contribution in [1.82, 2.24) is 9.97 Å². The van der Waals surface area contributed by atoms with Crippen LogP contribution in [0.2, 0.25) is 0 Å². The summed E-state index contributed by atoms with van der Waals surface area (Å²) in [5, 5.41) is 11.4. The van der Waals surface area contributed by atoms with E-state index < -0.39 is 4.92 Å². The van der Waals surface area contributed by atoms with Gasteiger partial charge in [0.1, 0.15) is 11.3 Å². The molecule has 1 amide bonds. The largest absolute Gasteiger partial charge is 0.492 e. The van der Waals surface area contributed by atoms with Crippen molar-refractivity contribution >= 4 is 48.9 Å². The Hall–Kier alpha value is -3.37. The molecule has 4 rings (SSSR count). The second-order valence-corrected chi connectivity index (χ2v) is 8.21. The van der Waals surface area contributed by atoms with Gasteiger partial charge >= 0.3 is 5.00 Å². The van der Waals surface area contributed by atoms with Crippen LogP contribution in [-0.4, -0.2) is 27.4 Å². The van der Waals surface area contributed by atoms with Gasteiger partial charge in [0, 0.05) is 12.3 Å². The highest BCUT2D eigenvalue weighted by Gasteiger charge is 2.26. The Balaban J connectivity index is 1.76. The highest BCUT2D eigenvalue weighted by Crippen LogP contribution is 2.36. The number of para-hydroxylation sites is 1. The van der Waals surface area contributed by atoms with Gasteiger partial charge in [-0.25, -0.2) is 4.98 Å². The highest BCUT2D eigenvalue weighted by molar-refractivity contribution is 7.22. The van der Waals surface area contributed by atoms with Crippen molar-refractivity contribution < 1.29 is 14.5 Å². The van der Waals surface area contributed by atoms with E-state index in [1.807, 2.05) is 37.3 Å². The van der Waals surface area contributed by atoms with Gasteiger partial charge in [0.2, 0.25) is 0 Å². The summed E-state index contributed by atoms with van der Waals surface area (Å²) in [6.07, 6.45) is 1.65. The zero-order chi connectivity index (χ0) is 21.1. The Bertz CT molecular complexity index is 1210. The predicted octanol–water partition coefficient (Wildman–Crippen LogP) is 4.91. The summed E-state index contributed by atoms with van der Waals surface area (Å²) in [6.45, 7) is 2.59. The normalized spacial score (nSPS) is 10.8. The molecule has 30 heavy (non-hydrogen) atoms. The van der Waals surface area contributed by atoms with E-state index in [4.69, 9.17) is 4.74 Å². The van der Waals surface area contributed by atoms with Crippen LogP contribution >= 0.6 is 22.7 Å². The standard InChI is InChI=1S/C20H16N4O4S2/c1-2-28-14-7-5-8-15-18(14)22-20(30-15)23(12-13-6-3-4-11-21-13)19(25)16-9-10-17(29-16)24(26)27/h3-11H,2,12H2,1H3. The third-order valence-corrected chi connectivity index (χ3v) is 6.24. The summed E-state index contributed by atoms with van der Waals surface area (Å²) in [5.74, 6) is 0.283. The van der Waals surface area contributed by atoms with Crippen LogP contribution in [0.25, 0.3) is 10.2 Å². The summed E-state index contributed by atoms with van der Waals surface area (Å²) in [4.78, 5) is 34.6. The molecule has 0 atom stereocenters. The Morgan fingerprint density at radius 2 is 2.03 bits per heavy atom. The first-order valence-corrected chi connectivity index (χ1v) is 10.7. The Kier molecular flexibility index (Phi) is 5.68. The molecule has 4 aromatic rings. The maximum atomic E-state index is 13.3. The molecule has 0 spiro atoms. The van der Waals surface area contributed by atoms with Crippen LogP contribution in [0.4, 0.5) is 10.1 Å². The van der Waals surface area contributed by atoms with Crippen LogP contribution in [0, 0.1) is 10.1 Å². The summed E-state index contributed by atoms with van der Waals surface area (Å²) >= 11 is 2.20. The second-order valence-electron chi connectivity index (χ2n) is 6.14. The zero-order valence-corrected chi connectivity index (χ0v) is 17.5. The van der Waals surface area contributed by atoms with Crippen LogP contribution in [0.3, 0.4) is 0 Å². The summed E-state index contributed by atoms with van der Waals surface area (Å²) < 4.78 is 6.54. The molecule has 0 aliphatic heterocycles. The number of hydrogen-bond acceptors (Lipinski definition) is 8. The second kappa shape index (κ2) is 8.56. The van der Waals surface area contributed by atoms with Gasteiger partial charge in [-0.1, -0.05) is 34.8 Å². The average Bonchev–Trinajstić information content (AvgIpc) is 3.40. The minimum atomic E-state index is -0.503. The molecule has 8 nitrogen and oxygen atoms in total. The molecule has 1 aromatic carbocycles. The molecule has 0 radical (unpaired) electrons. The lowest BCUT2D eigenvalue weighted by Gasteiger charge is -2.18. The number of fused-ring (bicyclic) bond motifs is 1. The van der Waals surface area contributed by atoms with Crippen molar-refractivity contribution in [3.63, 3.8) is 0 Å². The number of hydrogen-bond donors (Lipinski definition) is 0. The monoisotopic (exact) mass is 440 g/mol. The Morgan fingerprint density at radius 1 is 1.17 bits per heavy atom. The number of rotatable bonds is 7. The molecule has 0 aliphatic rings. The summed E-state index contributed by atoms with van der Waals surface area (Å²) in [5.41, 5.74) is 1.36. The third kappa shape index (κ3) is 4.00. The van der Waals surface area contributed by atoms with E-state index in [2.05, 4.69) is 9.97 Å². The van der Waals surface area contributed by atoms with Crippen LogP contribution in [0.5, 0.6) is 5.75 Å². The van der Waals surface area contributed by atoms with Crippen molar-refractivity contribution in [3.8, 4) is 5.75 Å². The first kappa shape index (κ1) is 19.9. The molecular weight excluding hydrogens is 424 g/mol. The van der Waals surface area contributed by atoms with Crippen molar-refractivity contribution in [3.05, 3.63) is 75.4 Å². The number of benzene rings is 1. The van der Waals surface area contributed by atoms with Crippen LogP contribution in [-0.2, 0) is 6.54 Å². The first-order chi connectivity index (χ1) is 14.6. The lowest BCUT2D eigenvalue weighted by molar-refractivity contribution is -0.380. The molecule has 10 heteroatoms. The quantitative estimate of drug-likeness (QED) is 0.299. The van der Waals surface area contributed by atoms with Gasteiger partial charge in [0.05, 0.1) is 33.3 Å². The summed E-state index contributed by atoms with van der Waals surface area (Å²) in [6, 6.07) is 13.9. The smallest absolute Gasteiger partial charge is 0.324 e. The maximum Gasteiger partial charge on any atom is 0.324 e. The third-order valence-electron chi connectivity index (χ3n) is 4.18. The molecule has 3 aromatic heterocycles. The molecule has 0 bridgehead atoms. The number of nitro groups is 1. The van der Waals surface area contributed by atoms with E-state index in [1.165, 1.54) is 28.4 Å². The fraction of sp³-hybridized carbons (Fsp3) is 0.150. The molecule has 0 N–H and O–H groups in total. The van der Waals surface area contributed by atoms with E-state index in [1.54, 1.807) is 12.3 Å². The van der Waals surface area contributed by atoms with Gasteiger partial charge in [-0.3, -0.25) is 24.8 Å². The maximum absolute atomic E-state index is 13.3. The number of ether oxygens (including phenoxy) is 1. The van der Waals surface area contributed by atoms with Gasteiger partial charge in [-0.2, -0.15) is 0 Å². The lowest BCUT2D eigenvalue weighted by atomic mass is 10.3. The molecule has 0 saturated heterocycles. The fourth-order valence-electron chi connectivity index (χ4n) is 2.85. The minimum Gasteiger partial charge on any atom is -0.492 e. The SMILES string of the molecule is CCOc1cccc2sc(N(Cc3ccccn3)C(=O)c3ccc([N+](=O)[O-])s3)nc12. The van der Waals surface area contributed by atoms with Gasteiger partial charge in [-0.15, -0.1) is 0 Å². The fourth-order valence-corrected chi connectivity index (χ4v) is 4.60. The number of thiazole rings is 1. The number of carbonyl (C=O) groups excluding carboxylic acids is 1. The number of thiophene rings is 1. The predicted molar refractivity (Wildman–Crippen MR) is 117 cm³/mol. The lowest BCUT2D eigenvalue weighted by Crippen LogP contribution is -2.30.